The number of aryl methyl sites for hydroxylation is 2. The number of aromatic hydroxyl groups is 1. The maximum absolute atomic E-state index is 13.5. The number of carbonyl (C=O) groups is 1. The van der Waals surface area contributed by atoms with Gasteiger partial charge in [0.15, 0.2) is 10.6 Å². The number of aromatic nitrogens is 2. The number of nitrogens with zero attached hydrogens (tertiary/aromatic N) is 3. The van der Waals surface area contributed by atoms with Gasteiger partial charge >= 0.3 is 0 Å². The van der Waals surface area contributed by atoms with Crippen LogP contribution in [-0.2, 0) is 25.9 Å². The molecule has 1 aromatic carbocycles. The molecular formula is C25H27N3O3S2. The van der Waals surface area contributed by atoms with Gasteiger partial charge in [-0.3, -0.25) is 18.7 Å². The number of hydrogen-bond donors (Lipinski definition) is 1. The van der Waals surface area contributed by atoms with Crippen molar-refractivity contribution < 1.29 is 9.90 Å². The van der Waals surface area contributed by atoms with Crippen molar-refractivity contribution in [1.82, 2.24) is 9.13 Å². The van der Waals surface area contributed by atoms with Crippen molar-refractivity contribution in [3.05, 3.63) is 72.1 Å². The Hall–Kier alpha value is -2.84. The molecule has 3 aromatic rings. The number of benzene rings is 1. The lowest BCUT2D eigenvalue weighted by atomic mass is 9.92. The standard InChI is InChI=1S/C25H27N3O3S2/c1-4-27-23(30)18(24(31)28(5-2)25(27)32)14-26-22-20(17-8-6-7-9-19(17)33-22)21(29)16-12-10-15(3)11-13-16/h10-14,30H,4-9H2,1-3H3. The van der Waals surface area contributed by atoms with Crippen LogP contribution < -0.4 is 5.56 Å². The third-order valence-corrected chi connectivity index (χ3v) is 7.71. The summed E-state index contributed by atoms with van der Waals surface area (Å²) < 4.78 is 3.23. The van der Waals surface area contributed by atoms with E-state index in [1.54, 1.807) is 0 Å². The Morgan fingerprint density at radius 1 is 1.15 bits per heavy atom. The fourth-order valence-electron chi connectivity index (χ4n) is 4.24. The van der Waals surface area contributed by atoms with Gasteiger partial charge in [-0.1, -0.05) is 29.8 Å². The molecule has 2 heterocycles. The number of fused-ring (bicyclic) bond motifs is 1. The average Bonchev–Trinajstić information content (AvgIpc) is 3.18. The molecule has 2 aromatic heterocycles. The van der Waals surface area contributed by atoms with Gasteiger partial charge in [-0.2, -0.15) is 0 Å². The molecule has 0 radical (unpaired) electrons. The van der Waals surface area contributed by atoms with Gasteiger partial charge in [-0.25, -0.2) is 4.99 Å². The highest BCUT2D eigenvalue weighted by Crippen LogP contribution is 2.41. The van der Waals surface area contributed by atoms with Gasteiger partial charge in [-0.15, -0.1) is 11.3 Å². The third-order valence-electron chi connectivity index (χ3n) is 6.07. The maximum Gasteiger partial charge on any atom is 0.267 e. The van der Waals surface area contributed by atoms with Crippen molar-refractivity contribution in [3.8, 4) is 5.88 Å². The number of ketones is 1. The maximum atomic E-state index is 13.5. The van der Waals surface area contributed by atoms with Gasteiger partial charge in [0.05, 0.1) is 5.56 Å². The van der Waals surface area contributed by atoms with Crippen LogP contribution >= 0.6 is 23.6 Å². The second-order valence-corrected chi connectivity index (χ2v) is 9.61. The summed E-state index contributed by atoms with van der Waals surface area (Å²) in [5.41, 5.74) is 3.10. The van der Waals surface area contributed by atoms with Crippen molar-refractivity contribution in [2.75, 3.05) is 0 Å². The van der Waals surface area contributed by atoms with Crippen LogP contribution in [0.15, 0.2) is 34.1 Å². The van der Waals surface area contributed by atoms with E-state index in [0.717, 1.165) is 36.8 Å². The normalized spacial score (nSPS) is 13.4. The van der Waals surface area contributed by atoms with Gasteiger partial charge in [0, 0.05) is 29.7 Å². The Labute approximate surface area is 201 Å². The minimum absolute atomic E-state index is 0.0544. The molecule has 0 amide bonds. The van der Waals surface area contributed by atoms with E-state index in [1.165, 1.54) is 31.6 Å². The highest BCUT2D eigenvalue weighted by atomic mass is 32.1. The summed E-state index contributed by atoms with van der Waals surface area (Å²) in [7, 11) is 0. The van der Waals surface area contributed by atoms with Crippen LogP contribution in [0.4, 0.5) is 5.00 Å². The highest BCUT2D eigenvalue weighted by molar-refractivity contribution is 7.71. The van der Waals surface area contributed by atoms with E-state index in [-0.39, 0.29) is 27.6 Å². The van der Waals surface area contributed by atoms with E-state index in [2.05, 4.69) is 4.99 Å². The van der Waals surface area contributed by atoms with Gasteiger partial charge < -0.3 is 5.11 Å². The predicted octanol–water partition coefficient (Wildman–Crippen LogP) is 5.36. The molecule has 0 atom stereocenters. The Morgan fingerprint density at radius 2 is 1.82 bits per heavy atom. The summed E-state index contributed by atoms with van der Waals surface area (Å²) in [6, 6.07) is 7.55. The van der Waals surface area contributed by atoms with Crippen LogP contribution in [0.1, 0.15) is 64.2 Å². The summed E-state index contributed by atoms with van der Waals surface area (Å²) in [5, 5.41) is 11.3. The molecule has 0 saturated carbocycles. The minimum Gasteiger partial charge on any atom is -0.494 e. The number of thiophene rings is 1. The summed E-state index contributed by atoms with van der Waals surface area (Å²) >= 11 is 6.86. The lowest BCUT2D eigenvalue weighted by molar-refractivity contribution is 0.103. The number of aliphatic imine (C=N–C) groups is 1. The molecule has 6 nitrogen and oxygen atoms in total. The van der Waals surface area contributed by atoms with Crippen LogP contribution in [-0.4, -0.2) is 26.2 Å². The van der Waals surface area contributed by atoms with Crippen molar-refractivity contribution >= 4 is 40.6 Å². The average molecular weight is 482 g/mol. The molecule has 172 valence electrons. The second kappa shape index (κ2) is 9.57. The van der Waals surface area contributed by atoms with E-state index in [4.69, 9.17) is 12.2 Å². The molecule has 8 heteroatoms. The molecule has 0 aliphatic heterocycles. The minimum atomic E-state index is -0.388. The number of hydrogen-bond acceptors (Lipinski definition) is 6. The van der Waals surface area contributed by atoms with Crippen molar-refractivity contribution in [1.29, 1.82) is 0 Å². The van der Waals surface area contributed by atoms with E-state index >= 15 is 0 Å². The second-order valence-electron chi connectivity index (χ2n) is 8.16. The zero-order chi connectivity index (χ0) is 23.7. The first-order chi connectivity index (χ1) is 15.9. The van der Waals surface area contributed by atoms with Gasteiger partial charge in [-0.05, 0) is 64.2 Å². The first-order valence-electron chi connectivity index (χ1n) is 11.2. The number of rotatable bonds is 6. The predicted molar refractivity (Wildman–Crippen MR) is 135 cm³/mol. The lowest BCUT2D eigenvalue weighted by Gasteiger charge is -2.13. The first-order valence-corrected chi connectivity index (χ1v) is 12.5. The molecule has 1 N–H and O–H groups in total. The number of carbonyl (C=O) groups excluding carboxylic acids is 1. The van der Waals surface area contributed by atoms with Crippen LogP contribution in [0.5, 0.6) is 5.88 Å². The van der Waals surface area contributed by atoms with Gasteiger partial charge in [0.2, 0.25) is 5.88 Å². The van der Waals surface area contributed by atoms with E-state index < -0.39 is 0 Å². The van der Waals surface area contributed by atoms with Gasteiger partial charge in [0.1, 0.15) is 10.6 Å². The van der Waals surface area contributed by atoms with Gasteiger partial charge in [0.25, 0.3) is 5.56 Å². The fourth-order valence-corrected chi connectivity index (χ4v) is 5.89. The third kappa shape index (κ3) is 4.25. The monoisotopic (exact) mass is 481 g/mol. The zero-order valence-corrected chi connectivity index (χ0v) is 20.7. The van der Waals surface area contributed by atoms with Crippen molar-refractivity contribution in [3.63, 3.8) is 0 Å². The molecular weight excluding hydrogens is 454 g/mol. The molecule has 0 unspecified atom stereocenters. The van der Waals surface area contributed by atoms with Crippen LogP contribution in [0.3, 0.4) is 0 Å². The molecule has 0 saturated heterocycles. The Balaban J connectivity index is 1.85. The SMILES string of the molecule is CCn1c(O)c(C=Nc2sc3c(c2C(=O)c2ccc(C)cc2)CCCC3)c(=O)n(CC)c1=S. The molecule has 0 spiro atoms. The lowest BCUT2D eigenvalue weighted by Crippen LogP contribution is -2.27. The first kappa shape index (κ1) is 23.3. The van der Waals surface area contributed by atoms with E-state index in [1.807, 2.05) is 45.0 Å². The summed E-state index contributed by atoms with van der Waals surface area (Å²) in [4.78, 5) is 32.3. The van der Waals surface area contributed by atoms with Crippen molar-refractivity contribution in [2.24, 2.45) is 4.99 Å². The molecule has 1 aliphatic carbocycles. The van der Waals surface area contributed by atoms with Crippen LogP contribution in [0.2, 0.25) is 0 Å². The summed E-state index contributed by atoms with van der Waals surface area (Å²) in [6.45, 7) is 6.50. The molecule has 0 fully saturated rings. The molecule has 4 rings (SSSR count). The summed E-state index contributed by atoms with van der Waals surface area (Å²) in [5.74, 6) is -0.255. The van der Waals surface area contributed by atoms with E-state index in [9.17, 15) is 14.7 Å². The molecule has 33 heavy (non-hydrogen) atoms. The Kier molecular flexibility index (Phi) is 6.76. The van der Waals surface area contributed by atoms with Crippen LogP contribution in [0.25, 0.3) is 0 Å². The Bertz CT molecular complexity index is 1360. The largest absolute Gasteiger partial charge is 0.494 e. The fraction of sp³-hybridized carbons (Fsp3) is 0.360. The van der Waals surface area contributed by atoms with E-state index in [0.29, 0.717) is 29.2 Å². The van der Waals surface area contributed by atoms with Crippen molar-refractivity contribution in [2.45, 2.75) is 59.5 Å². The summed E-state index contributed by atoms with van der Waals surface area (Å²) in [6.07, 6.45) is 5.29. The zero-order valence-electron chi connectivity index (χ0n) is 19.1. The molecule has 1 aliphatic rings. The smallest absolute Gasteiger partial charge is 0.267 e. The highest BCUT2D eigenvalue weighted by Gasteiger charge is 2.26. The molecule has 0 bridgehead atoms. The topological polar surface area (TPSA) is 76.6 Å². The quantitative estimate of drug-likeness (QED) is 0.292. The Morgan fingerprint density at radius 3 is 2.48 bits per heavy atom. The van der Waals surface area contributed by atoms with Crippen LogP contribution in [0, 0.1) is 11.7 Å².